The van der Waals surface area contributed by atoms with E-state index in [4.69, 9.17) is 24.4 Å². The summed E-state index contributed by atoms with van der Waals surface area (Å²) >= 11 is 1.65. The Morgan fingerprint density at radius 3 is 1.90 bits per heavy atom. The highest BCUT2D eigenvalue weighted by atomic mass is 32.1. The number of thiazole rings is 1. The van der Waals surface area contributed by atoms with Crippen LogP contribution in [0.3, 0.4) is 0 Å². The molecule has 0 N–H and O–H groups in total. The van der Waals surface area contributed by atoms with Gasteiger partial charge in [-0.05, 0) is 33.7 Å². The maximum atomic E-state index is 6.47. The van der Waals surface area contributed by atoms with Crippen molar-refractivity contribution in [2.75, 3.05) is 0 Å². The summed E-state index contributed by atoms with van der Waals surface area (Å²) in [5.74, 6) is 1.81. The van der Waals surface area contributed by atoms with Crippen molar-refractivity contribution in [1.82, 2.24) is 19.9 Å². The van der Waals surface area contributed by atoms with Crippen molar-refractivity contribution in [3.05, 3.63) is 146 Å². The maximum absolute atomic E-state index is 6.47. The van der Waals surface area contributed by atoms with Crippen LogP contribution in [0.4, 0.5) is 0 Å². The Hall–Kier alpha value is -6.24. The molecule has 3 heterocycles. The first kappa shape index (κ1) is 26.9. The van der Waals surface area contributed by atoms with E-state index in [1.165, 1.54) is 5.39 Å². The van der Waals surface area contributed by atoms with Gasteiger partial charge in [0, 0.05) is 33.5 Å². The molecule has 0 aliphatic rings. The second kappa shape index (κ2) is 10.7. The van der Waals surface area contributed by atoms with Crippen LogP contribution in [0.1, 0.15) is 0 Å². The SMILES string of the molecule is c1ccc(-c2nc(-c3cc4ccccc4c4ccccc34)nc(-c3c4sc(-c5ccccc5)nc4cc4oc5ccccc5c34)n2)cc1. The largest absolute Gasteiger partial charge is 0.456 e. The molecule has 0 saturated heterocycles. The number of nitrogens with zero attached hydrogens (tertiary/aromatic N) is 4. The van der Waals surface area contributed by atoms with E-state index in [0.717, 1.165) is 75.6 Å². The minimum Gasteiger partial charge on any atom is -0.456 e. The fourth-order valence-corrected chi connectivity index (χ4v) is 7.85. The molecule has 0 radical (unpaired) electrons. The monoisotopic (exact) mass is 632 g/mol. The summed E-state index contributed by atoms with van der Waals surface area (Å²) < 4.78 is 7.47. The van der Waals surface area contributed by atoms with Gasteiger partial charge in [-0.3, -0.25) is 0 Å². The van der Waals surface area contributed by atoms with Gasteiger partial charge >= 0.3 is 0 Å². The zero-order valence-corrected chi connectivity index (χ0v) is 26.3. The minimum absolute atomic E-state index is 0.585. The van der Waals surface area contributed by atoms with Crippen molar-refractivity contribution in [3.63, 3.8) is 0 Å². The summed E-state index contributed by atoms with van der Waals surface area (Å²) in [4.78, 5) is 20.8. The number of fused-ring (bicyclic) bond motifs is 7. The predicted octanol–water partition coefficient (Wildman–Crippen LogP) is 11.4. The Kier molecular flexibility index (Phi) is 5.98. The van der Waals surface area contributed by atoms with Crippen molar-refractivity contribution >= 4 is 65.0 Å². The Labute approximate surface area is 278 Å². The van der Waals surface area contributed by atoms with Crippen LogP contribution in [0.5, 0.6) is 0 Å². The fourth-order valence-electron chi connectivity index (χ4n) is 6.75. The number of benzene rings is 7. The third-order valence-electron chi connectivity index (χ3n) is 8.94. The van der Waals surface area contributed by atoms with Gasteiger partial charge in [-0.25, -0.2) is 19.9 Å². The van der Waals surface area contributed by atoms with Gasteiger partial charge in [0.15, 0.2) is 17.5 Å². The number of hydrogen-bond donors (Lipinski definition) is 0. The Morgan fingerprint density at radius 1 is 0.458 bits per heavy atom. The lowest BCUT2D eigenvalue weighted by Crippen LogP contribution is -2.01. The van der Waals surface area contributed by atoms with E-state index in [9.17, 15) is 0 Å². The molecular formula is C42H24N4OS. The summed E-state index contributed by atoms with van der Waals surface area (Å²) in [5, 5.41) is 7.50. The van der Waals surface area contributed by atoms with Crippen LogP contribution in [-0.2, 0) is 0 Å². The Morgan fingerprint density at radius 2 is 1.08 bits per heavy atom. The Balaban J connectivity index is 1.34. The zero-order valence-electron chi connectivity index (χ0n) is 25.5. The highest BCUT2D eigenvalue weighted by Crippen LogP contribution is 2.45. The average molecular weight is 633 g/mol. The number of furan rings is 1. The van der Waals surface area contributed by atoms with E-state index in [2.05, 4.69) is 72.8 Å². The first-order valence-corrected chi connectivity index (χ1v) is 16.6. The van der Waals surface area contributed by atoms with E-state index in [1.807, 2.05) is 72.8 Å². The molecule has 6 heteroatoms. The van der Waals surface area contributed by atoms with Gasteiger partial charge in [0.25, 0.3) is 0 Å². The summed E-state index contributed by atoms with van der Waals surface area (Å²) in [6.07, 6.45) is 0. The molecule has 0 amide bonds. The van der Waals surface area contributed by atoms with Gasteiger partial charge in [-0.2, -0.15) is 0 Å². The van der Waals surface area contributed by atoms with Crippen LogP contribution in [0.2, 0.25) is 0 Å². The van der Waals surface area contributed by atoms with Crippen molar-refractivity contribution in [2.24, 2.45) is 0 Å². The summed E-state index contributed by atoms with van der Waals surface area (Å²) in [7, 11) is 0. The molecule has 0 aliphatic carbocycles. The van der Waals surface area contributed by atoms with Crippen molar-refractivity contribution in [3.8, 4) is 44.7 Å². The highest BCUT2D eigenvalue weighted by molar-refractivity contribution is 7.22. The maximum Gasteiger partial charge on any atom is 0.166 e. The van der Waals surface area contributed by atoms with Crippen LogP contribution in [0, 0.1) is 0 Å². The first-order valence-electron chi connectivity index (χ1n) is 15.8. The molecule has 10 rings (SSSR count). The summed E-state index contributed by atoms with van der Waals surface area (Å²) in [6, 6.07) is 49.8. The van der Waals surface area contributed by atoms with Gasteiger partial charge in [0.1, 0.15) is 16.2 Å². The second-order valence-electron chi connectivity index (χ2n) is 11.8. The molecule has 5 nitrogen and oxygen atoms in total. The molecule has 7 aromatic carbocycles. The van der Waals surface area contributed by atoms with Crippen molar-refractivity contribution in [2.45, 2.75) is 0 Å². The van der Waals surface area contributed by atoms with Crippen molar-refractivity contribution in [1.29, 1.82) is 0 Å². The van der Waals surface area contributed by atoms with Crippen LogP contribution in [-0.4, -0.2) is 19.9 Å². The molecule has 48 heavy (non-hydrogen) atoms. The lowest BCUT2D eigenvalue weighted by atomic mass is 9.96. The molecule has 0 aliphatic heterocycles. The molecule has 0 bridgehead atoms. The van der Waals surface area contributed by atoms with E-state index in [-0.39, 0.29) is 0 Å². The van der Waals surface area contributed by atoms with Crippen molar-refractivity contribution < 1.29 is 4.42 Å². The molecule has 0 unspecified atom stereocenters. The molecule has 0 fully saturated rings. The smallest absolute Gasteiger partial charge is 0.166 e. The number of para-hydroxylation sites is 1. The van der Waals surface area contributed by atoms with E-state index in [1.54, 1.807) is 11.3 Å². The molecule has 0 atom stereocenters. The standard InChI is InChI=1S/C42H24N4OS/c1-3-13-25(14-4-1)39-44-40(32-23-27-17-7-8-18-28(27)29-19-9-10-20-30(29)32)46-41(45-39)37-36-31-21-11-12-22-34(31)47-35(36)24-33-38(37)48-42(43-33)26-15-5-2-6-16-26/h1-24H. The lowest BCUT2D eigenvalue weighted by molar-refractivity contribution is 0.669. The summed E-state index contributed by atoms with van der Waals surface area (Å²) in [5.41, 5.74) is 6.26. The predicted molar refractivity (Wildman–Crippen MR) is 197 cm³/mol. The van der Waals surface area contributed by atoms with Gasteiger partial charge < -0.3 is 4.42 Å². The van der Waals surface area contributed by atoms with Gasteiger partial charge in [0.05, 0.1) is 15.8 Å². The van der Waals surface area contributed by atoms with Crippen LogP contribution in [0.25, 0.3) is 98.4 Å². The van der Waals surface area contributed by atoms with Gasteiger partial charge in [-0.1, -0.05) is 127 Å². The highest BCUT2D eigenvalue weighted by Gasteiger charge is 2.24. The lowest BCUT2D eigenvalue weighted by Gasteiger charge is -2.13. The molecule has 224 valence electrons. The molecule has 10 aromatic rings. The van der Waals surface area contributed by atoms with E-state index < -0.39 is 0 Å². The first-order chi connectivity index (χ1) is 23.8. The molecule has 3 aromatic heterocycles. The topological polar surface area (TPSA) is 64.7 Å². The average Bonchev–Trinajstić information content (AvgIpc) is 3.75. The third kappa shape index (κ3) is 4.24. The molecule has 0 spiro atoms. The quantitative estimate of drug-likeness (QED) is 0.181. The normalized spacial score (nSPS) is 11.8. The zero-order chi connectivity index (χ0) is 31.6. The molecule has 0 saturated carbocycles. The van der Waals surface area contributed by atoms with Crippen LogP contribution >= 0.6 is 11.3 Å². The molecular weight excluding hydrogens is 609 g/mol. The second-order valence-corrected chi connectivity index (χ2v) is 12.8. The minimum atomic E-state index is 0.585. The van der Waals surface area contributed by atoms with Crippen LogP contribution in [0.15, 0.2) is 150 Å². The van der Waals surface area contributed by atoms with E-state index in [0.29, 0.717) is 17.5 Å². The van der Waals surface area contributed by atoms with Gasteiger partial charge in [-0.15, -0.1) is 11.3 Å². The Bertz CT molecular complexity index is 2840. The third-order valence-corrected chi connectivity index (χ3v) is 10.1. The van der Waals surface area contributed by atoms with Gasteiger partial charge in [0.2, 0.25) is 0 Å². The number of rotatable bonds is 4. The van der Waals surface area contributed by atoms with E-state index >= 15 is 0 Å². The fraction of sp³-hybridized carbons (Fsp3) is 0. The summed E-state index contributed by atoms with van der Waals surface area (Å²) in [6.45, 7) is 0. The van der Waals surface area contributed by atoms with Crippen LogP contribution < -0.4 is 0 Å². The number of hydrogen-bond acceptors (Lipinski definition) is 6. The number of aromatic nitrogens is 4.